The van der Waals surface area contributed by atoms with E-state index in [9.17, 15) is 35.1 Å². The monoisotopic (exact) mass is 652 g/mol. The fourth-order valence-electron chi connectivity index (χ4n) is 6.47. The van der Waals surface area contributed by atoms with E-state index in [-0.39, 0.29) is 78.2 Å². The summed E-state index contributed by atoms with van der Waals surface area (Å²) < 4.78 is 30.5. The Balaban J connectivity index is 1.35. The summed E-state index contributed by atoms with van der Waals surface area (Å²) in [5, 5.41) is 54.6. The molecule has 0 radical (unpaired) electrons. The average molecular weight is 653 g/mol. The molecule has 48 heavy (non-hydrogen) atoms. The summed E-state index contributed by atoms with van der Waals surface area (Å²) in [7, 11) is 0. The van der Waals surface area contributed by atoms with E-state index in [0.29, 0.717) is 5.56 Å². The maximum absolute atomic E-state index is 13.6. The molecule has 0 bridgehead atoms. The number of aromatic hydroxyl groups is 4. The normalized spacial score (nSPS) is 18.2. The van der Waals surface area contributed by atoms with Gasteiger partial charge in [0.2, 0.25) is 16.6 Å². The first kappa shape index (κ1) is 29.5. The summed E-state index contributed by atoms with van der Waals surface area (Å²) in [4.78, 5) is 27.2. The van der Waals surface area contributed by atoms with Gasteiger partial charge in [0.25, 0.3) is 0 Å². The first-order valence-electron chi connectivity index (χ1n) is 15.0. The van der Waals surface area contributed by atoms with Crippen LogP contribution < -0.4 is 25.1 Å². The van der Waals surface area contributed by atoms with E-state index < -0.39 is 45.8 Å². The van der Waals surface area contributed by atoms with Crippen LogP contribution in [0.25, 0.3) is 50.0 Å². The lowest BCUT2D eigenvalue weighted by molar-refractivity contribution is -0.0693. The van der Waals surface area contributed by atoms with Crippen LogP contribution in [0.3, 0.4) is 0 Å². The molecule has 12 heteroatoms. The van der Waals surface area contributed by atoms with E-state index in [4.69, 9.17) is 23.0 Å². The predicted octanol–water partition coefficient (Wildman–Crippen LogP) is 5.86. The van der Waals surface area contributed by atoms with E-state index in [0.717, 1.165) is 0 Å². The number of phenols is 4. The van der Waals surface area contributed by atoms with Gasteiger partial charge in [-0.05, 0) is 64.1 Å². The molecule has 0 spiro atoms. The number of rotatable bonds is 3. The molecule has 2 aliphatic rings. The zero-order chi connectivity index (χ0) is 34.0. The molecule has 0 fully saturated rings. The van der Waals surface area contributed by atoms with Gasteiger partial charge >= 0.3 is 0 Å². The minimum Gasteiger partial charge on any atom is -0.507 e. The molecule has 0 aliphatic carbocycles. The van der Waals surface area contributed by atoms with Crippen molar-refractivity contribution < 1.29 is 48.6 Å². The molecule has 4 aromatic carbocycles. The first-order chi connectivity index (χ1) is 22.6. The number of ether oxygens (including phenoxy) is 3. The van der Waals surface area contributed by atoms with Gasteiger partial charge in [0, 0.05) is 12.1 Å². The quantitative estimate of drug-likeness (QED) is 0.143. The minimum atomic E-state index is -1.59. The van der Waals surface area contributed by atoms with Crippen molar-refractivity contribution in [3.05, 3.63) is 80.1 Å². The third-order valence-corrected chi connectivity index (χ3v) is 8.75. The van der Waals surface area contributed by atoms with E-state index in [2.05, 4.69) is 0 Å². The Kier molecular flexibility index (Phi) is 5.89. The zero-order valence-electron chi connectivity index (χ0n) is 25.9. The van der Waals surface area contributed by atoms with Crippen LogP contribution in [0.4, 0.5) is 0 Å². The van der Waals surface area contributed by atoms with Crippen molar-refractivity contribution in [2.24, 2.45) is 0 Å². The van der Waals surface area contributed by atoms with Crippen LogP contribution in [0.15, 0.2) is 67.0 Å². The largest absolute Gasteiger partial charge is 0.507 e. The Morgan fingerprint density at radius 2 is 1.44 bits per heavy atom. The van der Waals surface area contributed by atoms with E-state index in [1.165, 1.54) is 56.3 Å². The second kappa shape index (κ2) is 9.58. The molecular formula is C36H28O12. The molecule has 2 unspecified atom stereocenters. The Morgan fingerprint density at radius 1 is 0.792 bits per heavy atom. The Hall–Kier alpha value is -5.88. The van der Waals surface area contributed by atoms with E-state index >= 15 is 0 Å². The molecule has 4 heterocycles. The van der Waals surface area contributed by atoms with Crippen LogP contribution in [0.5, 0.6) is 40.2 Å². The zero-order valence-corrected chi connectivity index (χ0v) is 25.9. The van der Waals surface area contributed by atoms with Crippen LogP contribution in [0.1, 0.15) is 44.9 Å². The van der Waals surface area contributed by atoms with Gasteiger partial charge in [-0.2, -0.15) is 0 Å². The molecule has 12 nitrogen and oxygen atoms in total. The molecule has 0 saturated carbocycles. The molecule has 2 aliphatic heterocycles. The Bertz CT molecular complexity index is 2550. The van der Waals surface area contributed by atoms with Crippen LogP contribution in [0, 0.1) is 0 Å². The molecule has 2 aromatic heterocycles. The second-order valence-electron chi connectivity index (χ2n) is 13.1. The van der Waals surface area contributed by atoms with Crippen LogP contribution >= 0.6 is 0 Å². The topological polar surface area (TPSA) is 189 Å². The Labute approximate surface area is 269 Å². The predicted molar refractivity (Wildman–Crippen MR) is 174 cm³/mol. The number of aliphatic hydroxyl groups is 1. The standard InChI is InChI=1S/C36H28O12/c1-35(2)11-10-14-21(48-35)12-18(38)23-27(41)16-8-9-20(28(42)31(16)47-30(14)23)44-33-25-22(45-34(33)36(3,4)43)13-19(39)24-26(40)15-6-5-7-17(37)29(15)46-32(24)25/h5-13,33-34,37-39,42-43H,1-4H3. The van der Waals surface area contributed by atoms with Gasteiger partial charge in [-0.3, -0.25) is 9.59 Å². The lowest BCUT2D eigenvalue weighted by Crippen LogP contribution is -2.43. The fraction of sp³-hybridized carbons (Fsp3) is 0.222. The van der Waals surface area contributed by atoms with Crippen molar-refractivity contribution in [2.75, 3.05) is 0 Å². The van der Waals surface area contributed by atoms with Crippen molar-refractivity contribution in [1.29, 1.82) is 0 Å². The lowest BCUT2D eigenvalue weighted by Gasteiger charge is -2.30. The van der Waals surface area contributed by atoms with Gasteiger partial charge in [-0.15, -0.1) is 0 Å². The fourth-order valence-corrected chi connectivity index (χ4v) is 6.47. The highest BCUT2D eigenvalue weighted by Gasteiger charge is 2.48. The van der Waals surface area contributed by atoms with Crippen molar-refractivity contribution in [3.63, 3.8) is 0 Å². The highest BCUT2D eigenvalue weighted by molar-refractivity contribution is 6.01. The van der Waals surface area contributed by atoms with Crippen molar-refractivity contribution in [1.82, 2.24) is 0 Å². The van der Waals surface area contributed by atoms with E-state index in [1.54, 1.807) is 12.2 Å². The van der Waals surface area contributed by atoms with Crippen molar-refractivity contribution >= 4 is 50.0 Å². The first-order valence-corrected chi connectivity index (χ1v) is 15.0. The number of hydrogen-bond acceptors (Lipinski definition) is 12. The lowest BCUT2D eigenvalue weighted by atomic mass is 9.93. The average Bonchev–Trinajstić information content (AvgIpc) is 3.37. The summed E-state index contributed by atoms with van der Waals surface area (Å²) in [6.45, 7) is 6.59. The van der Waals surface area contributed by atoms with Gasteiger partial charge < -0.3 is 48.6 Å². The molecule has 2 atom stereocenters. The third kappa shape index (κ3) is 4.12. The van der Waals surface area contributed by atoms with Gasteiger partial charge in [0.05, 0.1) is 27.5 Å². The van der Waals surface area contributed by atoms with Crippen LogP contribution in [-0.2, 0) is 0 Å². The summed E-state index contributed by atoms with van der Waals surface area (Å²) in [6, 6.07) is 9.50. The SMILES string of the molecule is CC1(C)C=Cc2c(cc(O)c3c(=O)c4ccc(OC5c6c(cc(O)c7c(=O)c8cccc(O)c8oc67)OC5C(C)(C)O)c(O)c4oc23)O1. The molecule has 5 N–H and O–H groups in total. The van der Waals surface area contributed by atoms with Crippen LogP contribution in [0.2, 0.25) is 0 Å². The van der Waals surface area contributed by atoms with Gasteiger partial charge in [0.15, 0.2) is 46.0 Å². The molecule has 6 aromatic rings. The maximum Gasteiger partial charge on any atom is 0.204 e. The summed E-state index contributed by atoms with van der Waals surface area (Å²) in [5.41, 5.74) is -3.53. The molecular weight excluding hydrogens is 624 g/mol. The molecule has 0 amide bonds. The minimum absolute atomic E-state index is 0.0134. The van der Waals surface area contributed by atoms with Crippen molar-refractivity contribution in [3.8, 4) is 40.2 Å². The van der Waals surface area contributed by atoms with Gasteiger partial charge in [-0.25, -0.2) is 0 Å². The van der Waals surface area contributed by atoms with Gasteiger partial charge in [0.1, 0.15) is 39.4 Å². The number of phenolic OH excluding ortho intramolecular Hbond substituents is 4. The summed E-state index contributed by atoms with van der Waals surface area (Å²) in [5.74, 6) is -1.56. The molecule has 244 valence electrons. The van der Waals surface area contributed by atoms with E-state index in [1.807, 2.05) is 13.8 Å². The second-order valence-corrected chi connectivity index (χ2v) is 13.1. The highest BCUT2D eigenvalue weighted by Crippen LogP contribution is 2.51. The molecule has 0 saturated heterocycles. The maximum atomic E-state index is 13.6. The van der Waals surface area contributed by atoms with Crippen LogP contribution in [-0.4, -0.2) is 42.8 Å². The number of para-hydroxylation sites is 1. The third-order valence-electron chi connectivity index (χ3n) is 8.75. The smallest absolute Gasteiger partial charge is 0.204 e. The molecule has 8 rings (SSSR count). The number of hydrogen-bond donors (Lipinski definition) is 5. The number of benzene rings is 4. The van der Waals surface area contributed by atoms with Gasteiger partial charge in [-0.1, -0.05) is 6.07 Å². The number of fused-ring (bicyclic) bond motifs is 8. The van der Waals surface area contributed by atoms with Crippen molar-refractivity contribution in [2.45, 2.75) is 51.1 Å². The summed E-state index contributed by atoms with van der Waals surface area (Å²) in [6.07, 6.45) is 1.05. The Morgan fingerprint density at radius 3 is 2.15 bits per heavy atom. The summed E-state index contributed by atoms with van der Waals surface area (Å²) >= 11 is 0. The highest BCUT2D eigenvalue weighted by atomic mass is 16.6.